The van der Waals surface area contributed by atoms with Crippen LogP contribution in [0.1, 0.15) is 39.0 Å². The maximum Gasteiger partial charge on any atom is 0.257 e. The van der Waals surface area contributed by atoms with E-state index >= 15 is 0 Å². The van der Waals surface area contributed by atoms with Crippen molar-refractivity contribution in [2.45, 2.75) is 45.1 Å². The highest BCUT2D eigenvalue weighted by atomic mass is 16.1. The molecule has 1 heterocycles. The van der Waals surface area contributed by atoms with Gasteiger partial charge in [-0.1, -0.05) is 37.5 Å². The fourth-order valence-electron chi connectivity index (χ4n) is 3.29. The molecule has 2 N–H and O–H groups in total. The Labute approximate surface area is 119 Å². The first-order chi connectivity index (χ1) is 9.74. The second-order valence-corrected chi connectivity index (χ2v) is 5.93. The van der Waals surface area contributed by atoms with E-state index in [2.05, 4.69) is 17.2 Å². The van der Waals surface area contributed by atoms with Gasteiger partial charge in [0.2, 0.25) is 0 Å². The molecule has 1 saturated carbocycles. The van der Waals surface area contributed by atoms with E-state index in [4.69, 9.17) is 0 Å². The van der Waals surface area contributed by atoms with Crippen molar-refractivity contribution in [3.8, 4) is 0 Å². The Morgan fingerprint density at radius 3 is 2.75 bits per heavy atom. The van der Waals surface area contributed by atoms with Crippen LogP contribution in [-0.4, -0.2) is 11.0 Å². The molecule has 1 aliphatic rings. The molecule has 2 aromatic rings. The highest BCUT2D eigenvalue weighted by molar-refractivity contribution is 5.83. The monoisotopic (exact) mass is 270 g/mol. The Kier molecular flexibility index (Phi) is 3.77. The van der Waals surface area contributed by atoms with Crippen LogP contribution >= 0.6 is 0 Å². The molecule has 3 nitrogen and oxygen atoms in total. The van der Waals surface area contributed by atoms with Gasteiger partial charge >= 0.3 is 0 Å². The molecule has 0 bridgehead atoms. The van der Waals surface area contributed by atoms with Crippen LogP contribution < -0.4 is 10.9 Å². The number of anilines is 1. The number of hydrogen-bond donors (Lipinski definition) is 2. The molecule has 0 aliphatic heterocycles. The van der Waals surface area contributed by atoms with Gasteiger partial charge in [-0.15, -0.1) is 0 Å². The van der Waals surface area contributed by atoms with E-state index in [0.29, 0.717) is 6.04 Å². The van der Waals surface area contributed by atoms with Crippen LogP contribution in [0.5, 0.6) is 0 Å². The third kappa shape index (κ3) is 2.72. The van der Waals surface area contributed by atoms with Gasteiger partial charge < -0.3 is 10.3 Å². The van der Waals surface area contributed by atoms with Crippen LogP contribution in [0, 0.1) is 5.92 Å². The number of H-pyrrole nitrogens is 1. The highest BCUT2D eigenvalue weighted by Gasteiger charge is 2.20. The average Bonchev–Trinajstić information content (AvgIpc) is 2.48. The average molecular weight is 270 g/mol. The highest BCUT2D eigenvalue weighted by Crippen LogP contribution is 2.27. The van der Waals surface area contributed by atoms with Crippen molar-refractivity contribution < 1.29 is 0 Å². The van der Waals surface area contributed by atoms with Gasteiger partial charge in [0.15, 0.2) is 0 Å². The molecule has 1 atom stereocenters. The first kappa shape index (κ1) is 13.2. The molecule has 3 heteroatoms. The molecule has 1 aromatic carbocycles. The number of aromatic nitrogens is 1. The fourth-order valence-corrected chi connectivity index (χ4v) is 3.29. The Morgan fingerprint density at radius 2 is 1.95 bits per heavy atom. The molecular weight excluding hydrogens is 248 g/mol. The van der Waals surface area contributed by atoms with Crippen LogP contribution in [0.2, 0.25) is 0 Å². The van der Waals surface area contributed by atoms with Crippen molar-refractivity contribution in [3.63, 3.8) is 0 Å². The van der Waals surface area contributed by atoms with E-state index in [0.717, 1.165) is 22.5 Å². The molecule has 20 heavy (non-hydrogen) atoms. The van der Waals surface area contributed by atoms with Crippen LogP contribution in [0.4, 0.5) is 5.82 Å². The van der Waals surface area contributed by atoms with Gasteiger partial charge in [0.1, 0.15) is 5.82 Å². The predicted octanol–water partition coefficient (Wildman–Crippen LogP) is 3.91. The lowest BCUT2D eigenvalue weighted by molar-refractivity contribution is 0.328. The zero-order valence-electron chi connectivity index (χ0n) is 12.0. The summed E-state index contributed by atoms with van der Waals surface area (Å²) in [6, 6.07) is 10.2. The number of fused-ring (bicyclic) bond motifs is 1. The molecule has 0 spiro atoms. The van der Waals surface area contributed by atoms with Gasteiger partial charge in [0, 0.05) is 11.4 Å². The lowest BCUT2D eigenvalue weighted by Gasteiger charge is -2.28. The van der Waals surface area contributed by atoms with Gasteiger partial charge in [-0.05, 0) is 43.2 Å². The van der Waals surface area contributed by atoms with Crippen LogP contribution in [0.15, 0.2) is 35.1 Å². The minimum absolute atomic E-state index is 0.0126. The van der Waals surface area contributed by atoms with Crippen molar-refractivity contribution in [1.29, 1.82) is 0 Å². The summed E-state index contributed by atoms with van der Waals surface area (Å²) in [5.41, 5.74) is -0.0126. The Bertz CT molecular complexity index is 641. The number of hydrogen-bond acceptors (Lipinski definition) is 2. The largest absolute Gasteiger partial charge is 0.369 e. The molecule has 1 fully saturated rings. The summed E-state index contributed by atoms with van der Waals surface area (Å²) in [4.78, 5) is 15.0. The van der Waals surface area contributed by atoms with E-state index in [9.17, 15) is 4.79 Å². The first-order valence-electron chi connectivity index (χ1n) is 7.62. The number of benzene rings is 1. The normalized spacial score (nSPS) is 18.1. The van der Waals surface area contributed by atoms with Gasteiger partial charge in [0.25, 0.3) is 5.56 Å². The molecule has 3 rings (SSSR count). The molecular formula is C17H22N2O. The smallest absolute Gasteiger partial charge is 0.257 e. The molecule has 106 valence electrons. The van der Waals surface area contributed by atoms with Crippen molar-refractivity contribution >= 4 is 16.6 Å². The summed E-state index contributed by atoms with van der Waals surface area (Å²) < 4.78 is 0. The van der Waals surface area contributed by atoms with Crippen molar-refractivity contribution in [2.24, 2.45) is 5.92 Å². The van der Waals surface area contributed by atoms with Gasteiger partial charge in [-0.2, -0.15) is 0 Å². The van der Waals surface area contributed by atoms with Crippen molar-refractivity contribution in [1.82, 2.24) is 4.98 Å². The lowest BCUT2D eigenvalue weighted by atomic mass is 9.84. The summed E-state index contributed by atoms with van der Waals surface area (Å²) in [7, 11) is 0. The van der Waals surface area contributed by atoms with Gasteiger partial charge in [-0.3, -0.25) is 4.79 Å². The van der Waals surface area contributed by atoms with E-state index in [1.165, 1.54) is 32.1 Å². The summed E-state index contributed by atoms with van der Waals surface area (Å²) in [5, 5.41) is 5.24. The Hall–Kier alpha value is -1.77. The maximum absolute atomic E-state index is 12.1. The van der Waals surface area contributed by atoms with E-state index in [1.807, 2.05) is 30.3 Å². The number of rotatable bonds is 3. The molecule has 0 radical (unpaired) electrons. The van der Waals surface area contributed by atoms with Crippen molar-refractivity contribution in [2.75, 3.05) is 5.32 Å². The van der Waals surface area contributed by atoms with Crippen LogP contribution in [0.3, 0.4) is 0 Å². The SMILES string of the molecule is CC(Nc1cc2ccccc2c(=O)[nH]1)C1CCCCC1. The molecule has 1 unspecified atom stereocenters. The summed E-state index contributed by atoms with van der Waals surface area (Å²) in [6.45, 7) is 2.23. The molecule has 0 amide bonds. The summed E-state index contributed by atoms with van der Waals surface area (Å²) >= 11 is 0. The molecule has 1 aromatic heterocycles. The standard InChI is InChI=1S/C17H22N2O/c1-12(13-7-3-2-4-8-13)18-16-11-14-9-5-6-10-15(14)17(20)19-16/h5-6,9-13H,2-4,7-8H2,1H3,(H2,18,19,20). The fraction of sp³-hybridized carbons (Fsp3) is 0.471. The van der Waals surface area contributed by atoms with Crippen LogP contribution in [-0.2, 0) is 0 Å². The third-order valence-corrected chi connectivity index (χ3v) is 4.49. The van der Waals surface area contributed by atoms with Gasteiger partial charge in [0.05, 0.1) is 0 Å². The zero-order chi connectivity index (χ0) is 13.9. The second-order valence-electron chi connectivity index (χ2n) is 5.93. The molecule has 1 aliphatic carbocycles. The number of aromatic amines is 1. The quantitative estimate of drug-likeness (QED) is 0.888. The topological polar surface area (TPSA) is 44.9 Å². The van der Waals surface area contributed by atoms with E-state index in [1.54, 1.807) is 0 Å². The first-order valence-corrected chi connectivity index (χ1v) is 7.62. The summed E-state index contributed by atoms with van der Waals surface area (Å²) in [5.74, 6) is 1.56. The minimum Gasteiger partial charge on any atom is -0.369 e. The zero-order valence-corrected chi connectivity index (χ0v) is 12.0. The second kappa shape index (κ2) is 5.70. The number of pyridine rings is 1. The Balaban J connectivity index is 1.81. The summed E-state index contributed by atoms with van der Waals surface area (Å²) in [6.07, 6.45) is 6.64. The van der Waals surface area contributed by atoms with Gasteiger partial charge in [-0.25, -0.2) is 0 Å². The molecule has 0 saturated heterocycles. The number of nitrogens with one attached hydrogen (secondary N) is 2. The maximum atomic E-state index is 12.1. The Morgan fingerprint density at radius 1 is 1.20 bits per heavy atom. The minimum atomic E-state index is -0.0126. The van der Waals surface area contributed by atoms with E-state index < -0.39 is 0 Å². The van der Waals surface area contributed by atoms with Crippen molar-refractivity contribution in [3.05, 3.63) is 40.7 Å². The predicted molar refractivity (Wildman–Crippen MR) is 84.2 cm³/mol. The van der Waals surface area contributed by atoms with Crippen LogP contribution in [0.25, 0.3) is 10.8 Å². The third-order valence-electron chi connectivity index (χ3n) is 4.49. The van der Waals surface area contributed by atoms with E-state index in [-0.39, 0.29) is 5.56 Å². The lowest BCUT2D eigenvalue weighted by Crippen LogP contribution is -2.28.